The number of nitrogens with zero attached hydrogens (tertiary/aromatic N) is 1. The Bertz CT molecular complexity index is 655. The van der Waals surface area contributed by atoms with Crippen LogP contribution in [0.25, 0.3) is 0 Å². The van der Waals surface area contributed by atoms with Crippen LogP contribution in [0, 0.1) is 23.0 Å². The summed E-state index contributed by atoms with van der Waals surface area (Å²) in [4.78, 5) is 0. The summed E-state index contributed by atoms with van der Waals surface area (Å²) >= 11 is 0. The quantitative estimate of drug-likeness (QED) is 0.906. The van der Waals surface area contributed by atoms with Crippen molar-refractivity contribution >= 4 is 0 Å². The molecule has 1 atom stereocenters. The first kappa shape index (κ1) is 14.9. The van der Waals surface area contributed by atoms with Gasteiger partial charge in [0.25, 0.3) is 0 Å². The summed E-state index contributed by atoms with van der Waals surface area (Å²) in [5.74, 6) is -2.91. The molecule has 0 saturated carbocycles. The van der Waals surface area contributed by atoms with Crippen LogP contribution >= 0.6 is 0 Å². The van der Waals surface area contributed by atoms with Crippen molar-refractivity contribution in [2.24, 2.45) is 0 Å². The van der Waals surface area contributed by atoms with Gasteiger partial charge in [-0.3, -0.25) is 0 Å². The van der Waals surface area contributed by atoms with E-state index in [4.69, 9.17) is 10.4 Å². The van der Waals surface area contributed by atoms with Crippen LogP contribution in [0.15, 0.2) is 36.4 Å². The summed E-state index contributed by atoms with van der Waals surface area (Å²) in [7, 11) is 0. The highest BCUT2D eigenvalue weighted by atomic mass is 19.1. The number of halogens is 2. The number of hydrogen-bond donors (Lipinski definition) is 2. The molecule has 0 aliphatic carbocycles. The first-order chi connectivity index (χ1) is 10.0. The predicted octanol–water partition coefficient (Wildman–Crippen LogP) is 3.39. The molecule has 0 amide bonds. The Morgan fingerprint density at radius 1 is 1.19 bits per heavy atom. The maximum Gasteiger partial charge on any atom is 0.187 e. The molecule has 0 aromatic heterocycles. The molecular formula is C16H14F2N2O. The first-order valence-corrected chi connectivity index (χ1v) is 6.41. The van der Waals surface area contributed by atoms with Crippen molar-refractivity contribution in [3.63, 3.8) is 0 Å². The van der Waals surface area contributed by atoms with E-state index in [2.05, 4.69) is 5.32 Å². The Morgan fingerprint density at radius 2 is 1.76 bits per heavy atom. The van der Waals surface area contributed by atoms with Gasteiger partial charge in [-0.25, -0.2) is 8.78 Å². The standard InChI is InChI=1S/C16H14F2N2O/c1-10(13-4-2-11(8-19)3-5-13)20-9-12-6-14(17)16(21)15(18)7-12/h2-7,10,20-21H,9H2,1H3. The molecule has 0 bridgehead atoms. The zero-order valence-electron chi connectivity index (χ0n) is 11.4. The zero-order chi connectivity index (χ0) is 15.4. The molecule has 2 aromatic carbocycles. The number of nitriles is 1. The van der Waals surface area contributed by atoms with Crippen LogP contribution in [0.2, 0.25) is 0 Å². The molecule has 2 rings (SSSR count). The number of rotatable bonds is 4. The van der Waals surface area contributed by atoms with Gasteiger partial charge in [-0.2, -0.15) is 5.26 Å². The third kappa shape index (κ3) is 3.56. The van der Waals surface area contributed by atoms with Gasteiger partial charge < -0.3 is 10.4 Å². The van der Waals surface area contributed by atoms with Gasteiger partial charge in [-0.05, 0) is 42.3 Å². The minimum absolute atomic E-state index is 0.0438. The maximum atomic E-state index is 13.2. The number of hydrogen-bond acceptors (Lipinski definition) is 3. The highest BCUT2D eigenvalue weighted by Crippen LogP contribution is 2.22. The fraction of sp³-hybridized carbons (Fsp3) is 0.188. The topological polar surface area (TPSA) is 56.0 Å². The molecule has 2 aromatic rings. The molecule has 2 N–H and O–H groups in total. The van der Waals surface area contributed by atoms with Crippen LogP contribution in [0.5, 0.6) is 5.75 Å². The van der Waals surface area contributed by atoms with E-state index in [1.807, 2.05) is 25.1 Å². The molecule has 0 saturated heterocycles. The van der Waals surface area contributed by atoms with E-state index in [1.165, 1.54) is 0 Å². The molecule has 0 heterocycles. The van der Waals surface area contributed by atoms with E-state index in [0.29, 0.717) is 11.1 Å². The number of nitrogens with one attached hydrogen (secondary N) is 1. The maximum absolute atomic E-state index is 13.2. The minimum Gasteiger partial charge on any atom is -0.503 e. The lowest BCUT2D eigenvalue weighted by Crippen LogP contribution is -2.18. The van der Waals surface area contributed by atoms with Gasteiger partial charge >= 0.3 is 0 Å². The summed E-state index contributed by atoms with van der Waals surface area (Å²) in [5.41, 5.74) is 1.95. The van der Waals surface area contributed by atoms with Crippen LogP contribution in [0.4, 0.5) is 8.78 Å². The molecule has 1 unspecified atom stereocenters. The van der Waals surface area contributed by atoms with Crippen molar-refractivity contribution in [2.75, 3.05) is 0 Å². The molecule has 3 nitrogen and oxygen atoms in total. The predicted molar refractivity (Wildman–Crippen MR) is 74.4 cm³/mol. The van der Waals surface area contributed by atoms with Gasteiger partial charge in [0.2, 0.25) is 0 Å². The van der Waals surface area contributed by atoms with Crippen molar-refractivity contribution in [1.29, 1.82) is 5.26 Å². The zero-order valence-corrected chi connectivity index (χ0v) is 11.4. The van der Waals surface area contributed by atoms with E-state index >= 15 is 0 Å². The summed E-state index contributed by atoms with van der Waals surface area (Å²) in [6.45, 7) is 2.17. The van der Waals surface area contributed by atoms with E-state index in [0.717, 1.165) is 17.7 Å². The summed E-state index contributed by atoms with van der Waals surface area (Å²) in [6.07, 6.45) is 0. The number of benzene rings is 2. The molecule has 0 aliphatic rings. The van der Waals surface area contributed by atoms with E-state index in [-0.39, 0.29) is 12.6 Å². The molecule has 21 heavy (non-hydrogen) atoms. The third-order valence-corrected chi connectivity index (χ3v) is 3.23. The van der Waals surface area contributed by atoms with Gasteiger partial charge in [0.1, 0.15) is 0 Å². The lowest BCUT2D eigenvalue weighted by atomic mass is 10.1. The second-order valence-corrected chi connectivity index (χ2v) is 4.74. The van der Waals surface area contributed by atoms with Crippen molar-refractivity contribution in [1.82, 2.24) is 5.32 Å². The summed E-state index contributed by atoms with van der Waals surface area (Å²) in [6, 6.07) is 11.3. The SMILES string of the molecule is CC(NCc1cc(F)c(O)c(F)c1)c1ccc(C#N)cc1. The second-order valence-electron chi connectivity index (χ2n) is 4.74. The van der Waals surface area contributed by atoms with Crippen molar-refractivity contribution in [3.05, 3.63) is 64.7 Å². The largest absolute Gasteiger partial charge is 0.503 e. The molecular weight excluding hydrogens is 274 g/mol. The highest BCUT2D eigenvalue weighted by Gasteiger charge is 2.11. The Kier molecular flexibility index (Phi) is 4.51. The fourth-order valence-electron chi connectivity index (χ4n) is 1.96. The average molecular weight is 288 g/mol. The molecule has 108 valence electrons. The van der Waals surface area contributed by atoms with Gasteiger partial charge in [0.15, 0.2) is 17.4 Å². The van der Waals surface area contributed by atoms with E-state index < -0.39 is 17.4 Å². The van der Waals surface area contributed by atoms with Gasteiger partial charge in [0.05, 0.1) is 11.6 Å². The third-order valence-electron chi connectivity index (χ3n) is 3.23. The lowest BCUT2D eigenvalue weighted by molar-refractivity contribution is 0.394. The van der Waals surface area contributed by atoms with Crippen molar-refractivity contribution < 1.29 is 13.9 Å². The minimum atomic E-state index is -0.974. The smallest absolute Gasteiger partial charge is 0.187 e. The van der Waals surface area contributed by atoms with E-state index in [9.17, 15) is 8.78 Å². The van der Waals surface area contributed by atoms with Gasteiger partial charge in [-0.1, -0.05) is 12.1 Å². The van der Waals surface area contributed by atoms with Crippen molar-refractivity contribution in [2.45, 2.75) is 19.5 Å². The number of phenols is 1. The van der Waals surface area contributed by atoms with Crippen LogP contribution < -0.4 is 5.32 Å². The molecule has 0 radical (unpaired) electrons. The number of phenolic OH excluding ortho intramolecular Hbond substituents is 1. The number of aromatic hydroxyl groups is 1. The summed E-state index contributed by atoms with van der Waals surface area (Å²) in [5, 5.41) is 20.9. The summed E-state index contributed by atoms with van der Waals surface area (Å²) < 4.78 is 26.4. The van der Waals surface area contributed by atoms with Crippen LogP contribution in [0.3, 0.4) is 0 Å². The molecule has 0 fully saturated rings. The van der Waals surface area contributed by atoms with E-state index in [1.54, 1.807) is 12.1 Å². The van der Waals surface area contributed by atoms with Crippen LogP contribution in [0.1, 0.15) is 29.7 Å². The first-order valence-electron chi connectivity index (χ1n) is 6.41. The monoisotopic (exact) mass is 288 g/mol. The molecule has 0 aliphatic heterocycles. The van der Waals surface area contributed by atoms with Gasteiger partial charge in [-0.15, -0.1) is 0 Å². The Morgan fingerprint density at radius 3 is 2.29 bits per heavy atom. The average Bonchev–Trinajstić information content (AvgIpc) is 2.50. The van der Waals surface area contributed by atoms with Crippen molar-refractivity contribution in [3.8, 4) is 11.8 Å². The van der Waals surface area contributed by atoms with Gasteiger partial charge in [0, 0.05) is 12.6 Å². The Hall–Kier alpha value is -2.45. The highest BCUT2D eigenvalue weighted by molar-refractivity contribution is 5.33. The Labute approximate surface area is 121 Å². The fourth-order valence-corrected chi connectivity index (χ4v) is 1.96. The van der Waals surface area contributed by atoms with Crippen LogP contribution in [-0.4, -0.2) is 5.11 Å². The second kappa shape index (κ2) is 6.33. The van der Waals surface area contributed by atoms with Crippen LogP contribution in [-0.2, 0) is 6.54 Å². The Balaban J connectivity index is 2.03. The molecule has 0 spiro atoms. The molecule has 5 heteroatoms. The lowest BCUT2D eigenvalue weighted by Gasteiger charge is -2.14. The normalized spacial score (nSPS) is 11.9.